The number of thiophene rings is 1. The van der Waals surface area contributed by atoms with Crippen molar-refractivity contribution in [2.75, 3.05) is 0 Å². The smallest absolute Gasteiger partial charge is 0.138 e. The molecule has 4 aromatic rings. The van der Waals surface area contributed by atoms with Crippen molar-refractivity contribution in [1.82, 2.24) is 0 Å². The molecule has 2 nitrogen and oxygen atoms in total. The largest absolute Gasteiger partial charge is 0.507 e. The zero-order valence-electron chi connectivity index (χ0n) is 14.3. The van der Waals surface area contributed by atoms with E-state index in [4.69, 9.17) is 4.42 Å². The Balaban J connectivity index is 1.72. The van der Waals surface area contributed by atoms with Gasteiger partial charge in [0.25, 0.3) is 0 Å². The average molecular weight is 348 g/mol. The normalized spacial score (nSPS) is 12.6. The molecule has 1 atom stereocenters. The molecule has 0 radical (unpaired) electrons. The standard InChI is InChI=1S/C22H20O2S/c1-14-5-3-6-17(9-14)18-13-24-20-12-16(11-19(23)22(18)20)10-15(2)21-7-4-8-25-21/h3-9,11-13,15,23H,10H2,1-2H3. The maximum atomic E-state index is 10.6. The molecule has 1 N–H and O–H groups in total. The molecule has 0 saturated carbocycles. The van der Waals surface area contributed by atoms with E-state index in [1.165, 1.54) is 10.4 Å². The van der Waals surface area contributed by atoms with Crippen LogP contribution >= 0.6 is 11.3 Å². The summed E-state index contributed by atoms with van der Waals surface area (Å²) in [4.78, 5) is 1.36. The minimum Gasteiger partial charge on any atom is -0.507 e. The molecule has 2 heterocycles. The third-order valence-electron chi connectivity index (χ3n) is 4.61. The van der Waals surface area contributed by atoms with Gasteiger partial charge in [-0.15, -0.1) is 11.3 Å². The fourth-order valence-electron chi connectivity index (χ4n) is 3.37. The zero-order valence-corrected chi connectivity index (χ0v) is 15.1. The third-order valence-corrected chi connectivity index (χ3v) is 5.72. The van der Waals surface area contributed by atoms with Gasteiger partial charge in [0.15, 0.2) is 0 Å². The first kappa shape index (κ1) is 16.0. The number of rotatable bonds is 4. The molecule has 0 bridgehead atoms. The van der Waals surface area contributed by atoms with E-state index in [1.54, 1.807) is 17.6 Å². The first-order valence-electron chi connectivity index (χ1n) is 8.45. The van der Waals surface area contributed by atoms with Gasteiger partial charge < -0.3 is 9.52 Å². The summed E-state index contributed by atoms with van der Waals surface area (Å²) in [5.74, 6) is 0.708. The van der Waals surface area contributed by atoms with Gasteiger partial charge in [-0.3, -0.25) is 0 Å². The molecular formula is C22H20O2S. The Morgan fingerprint density at radius 2 is 2.00 bits per heavy atom. The van der Waals surface area contributed by atoms with Crippen LogP contribution in [0.4, 0.5) is 0 Å². The van der Waals surface area contributed by atoms with E-state index < -0.39 is 0 Å². The van der Waals surface area contributed by atoms with Crippen LogP contribution in [0, 0.1) is 6.92 Å². The molecule has 2 aromatic heterocycles. The number of furan rings is 1. The highest BCUT2D eigenvalue weighted by atomic mass is 32.1. The maximum Gasteiger partial charge on any atom is 0.138 e. The van der Waals surface area contributed by atoms with Gasteiger partial charge in [-0.05, 0) is 54.0 Å². The topological polar surface area (TPSA) is 33.4 Å². The highest BCUT2D eigenvalue weighted by Crippen LogP contribution is 2.38. The summed E-state index contributed by atoms with van der Waals surface area (Å²) in [7, 11) is 0. The summed E-state index contributed by atoms with van der Waals surface area (Å²) in [6, 6.07) is 16.4. The lowest BCUT2D eigenvalue weighted by molar-refractivity contribution is 0.480. The van der Waals surface area contributed by atoms with E-state index in [2.05, 4.69) is 49.6 Å². The number of benzene rings is 2. The van der Waals surface area contributed by atoms with Crippen molar-refractivity contribution in [3.8, 4) is 16.9 Å². The van der Waals surface area contributed by atoms with Gasteiger partial charge in [-0.1, -0.05) is 42.8 Å². The van der Waals surface area contributed by atoms with Gasteiger partial charge in [0, 0.05) is 10.4 Å². The molecular weight excluding hydrogens is 328 g/mol. The number of fused-ring (bicyclic) bond motifs is 1. The molecule has 4 rings (SSSR count). The van der Waals surface area contributed by atoms with Gasteiger partial charge >= 0.3 is 0 Å². The number of hydrogen-bond acceptors (Lipinski definition) is 3. The Labute approximate surface area is 151 Å². The second kappa shape index (κ2) is 6.41. The Kier molecular flexibility index (Phi) is 4.10. The number of aromatic hydroxyl groups is 1. The summed E-state index contributed by atoms with van der Waals surface area (Å²) >= 11 is 1.77. The number of aryl methyl sites for hydroxylation is 1. The van der Waals surface area contributed by atoms with Crippen molar-refractivity contribution in [2.24, 2.45) is 0 Å². The van der Waals surface area contributed by atoms with Crippen LogP contribution in [0.2, 0.25) is 0 Å². The summed E-state index contributed by atoms with van der Waals surface area (Å²) < 4.78 is 5.78. The molecule has 0 aliphatic heterocycles. The summed E-state index contributed by atoms with van der Waals surface area (Å²) in [6.45, 7) is 4.28. The quantitative estimate of drug-likeness (QED) is 0.455. The molecule has 126 valence electrons. The maximum absolute atomic E-state index is 10.6. The number of phenolic OH excluding ortho intramolecular Hbond substituents is 1. The van der Waals surface area contributed by atoms with Crippen LogP contribution in [0.15, 0.2) is 64.6 Å². The van der Waals surface area contributed by atoms with Crippen LogP contribution in [0.1, 0.15) is 28.8 Å². The summed E-state index contributed by atoms with van der Waals surface area (Å²) in [5, 5.41) is 13.5. The van der Waals surface area contributed by atoms with Crippen molar-refractivity contribution in [3.63, 3.8) is 0 Å². The fourth-order valence-corrected chi connectivity index (χ4v) is 4.16. The highest BCUT2D eigenvalue weighted by Gasteiger charge is 2.15. The number of phenols is 1. The molecule has 2 aromatic carbocycles. The third kappa shape index (κ3) is 3.08. The van der Waals surface area contributed by atoms with Gasteiger partial charge in [-0.2, -0.15) is 0 Å². The van der Waals surface area contributed by atoms with E-state index in [-0.39, 0.29) is 5.75 Å². The van der Waals surface area contributed by atoms with Crippen LogP contribution in [0.25, 0.3) is 22.1 Å². The Hall–Kier alpha value is -2.52. The zero-order chi connectivity index (χ0) is 17.4. The predicted molar refractivity (Wildman–Crippen MR) is 104 cm³/mol. The van der Waals surface area contributed by atoms with E-state index in [1.807, 2.05) is 18.2 Å². The molecule has 0 aliphatic rings. The molecule has 3 heteroatoms. The lowest BCUT2D eigenvalue weighted by Crippen LogP contribution is -1.96. The van der Waals surface area contributed by atoms with Crippen molar-refractivity contribution >= 4 is 22.3 Å². The van der Waals surface area contributed by atoms with Crippen LogP contribution in [0.3, 0.4) is 0 Å². The van der Waals surface area contributed by atoms with Gasteiger partial charge in [-0.25, -0.2) is 0 Å². The van der Waals surface area contributed by atoms with Crippen LogP contribution in [-0.2, 0) is 6.42 Å². The SMILES string of the molecule is Cc1cccc(-c2coc3cc(CC(C)c4cccs4)cc(O)c23)c1. The summed E-state index contributed by atoms with van der Waals surface area (Å²) in [6.07, 6.45) is 2.62. The minimum atomic E-state index is 0.288. The first-order chi connectivity index (χ1) is 12.1. The molecule has 0 spiro atoms. The van der Waals surface area contributed by atoms with Crippen LogP contribution in [0.5, 0.6) is 5.75 Å². The van der Waals surface area contributed by atoms with Gasteiger partial charge in [0.2, 0.25) is 0 Å². The lowest BCUT2D eigenvalue weighted by Gasteiger charge is -2.10. The second-order valence-electron chi connectivity index (χ2n) is 6.63. The Morgan fingerprint density at radius 3 is 2.76 bits per heavy atom. The molecule has 0 amide bonds. The van der Waals surface area contributed by atoms with Crippen LogP contribution in [-0.4, -0.2) is 5.11 Å². The Morgan fingerprint density at radius 1 is 1.12 bits per heavy atom. The van der Waals surface area contributed by atoms with Gasteiger partial charge in [0.05, 0.1) is 11.6 Å². The van der Waals surface area contributed by atoms with Gasteiger partial charge in [0.1, 0.15) is 11.3 Å². The molecule has 0 fully saturated rings. The molecule has 1 unspecified atom stereocenters. The van der Waals surface area contributed by atoms with Crippen LogP contribution < -0.4 is 0 Å². The van der Waals surface area contributed by atoms with Crippen molar-refractivity contribution in [2.45, 2.75) is 26.2 Å². The summed E-state index contributed by atoms with van der Waals surface area (Å²) in [5.41, 5.74) is 5.02. The van der Waals surface area contributed by atoms with E-state index in [9.17, 15) is 5.11 Å². The van der Waals surface area contributed by atoms with E-state index in [0.717, 1.165) is 34.1 Å². The van der Waals surface area contributed by atoms with E-state index in [0.29, 0.717) is 5.92 Å². The molecule has 0 saturated heterocycles. The fraction of sp³-hybridized carbons (Fsp3) is 0.182. The number of hydrogen-bond donors (Lipinski definition) is 1. The lowest BCUT2D eigenvalue weighted by atomic mass is 9.96. The minimum absolute atomic E-state index is 0.288. The Bertz CT molecular complexity index is 1010. The second-order valence-corrected chi connectivity index (χ2v) is 7.61. The highest BCUT2D eigenvalue weighted by molar-refractivity contribution is 7.10. The van der Waals surface area contributed by atoms with Crippen molar-refractivity contribution < 1.29 is 9.52 Å². The van der Waals surface area contributed by atoms with E-state index >= 15 is 0 Å². The average Bonchev–Trinajstić information content (AvgIpc) is 3.24. The van der Waals surface area contributed by atoms with Crippen molar-refractivity contribution in [3.05, 3.63) is 76.2 Å². The molecule has 0 aliphatic carbocycles. The predicted octanol–water partition coefficient (Wildman–Crippen LogP) is 6.52. The van der Waals surface area contributed by atoms with Crippen molar-refractivity contribution in [1.29, 1.82) is 0 Å². The monoisotopic (exact) mass is 348 g/mol. The molecule has 25 heavy (non-hydrogen) atoms. The first-order valence-corrected chi connectivity index (χ1v) is 9.33.